The number of hydrogen-bond donors (Lipinski definition) is 2. The van der Waals surface area contributed by atoms with Gasteiger partial charge in [0.15, 0.2) is 0 Å². The Bertz CT molecular complexity index is 98.4. The second kappa shape index (κ2) is 23.9. The van der Waals surface area contributed by atoms with Crippen molar-refractivity contribution < 1.29 is 134 Å². The molecule has 0 unspecified atom stereocenters. The zero-order valence-electron chi connectivity index (χ0n) is 12.8. The van der Waals surface area contributed by atoms with Crippen LogP contribution in [0.5, 0.6) is 0 Å². The summed E-state index contributed by atoms with van der Waals surface area (Å²) < 4.78 is 0. The molecule has 12 heavy (non-hydrogen) atoms. The van der Waals surface area contributed by atoms with E-state index in [4.69, 9.17) is 5.73 Å². The van der Waals surface area contributed by atoms with Crippen LogP contribution in [-0.2, 0) is 9.63 Å². The van der Waals surface area contributed by atoms with E-state index >= 15 is 0 Å². The van der Waals surface area contributed by atoms with Gasteiger partial charge in [-0.1, -0.05) is 0 Å². The summed E-state index contributed by atoms with van der Waals surface area (Å²) in [4.78, 5) is 14.3. The average molecular weight is 214 g/mol. The quantitative estimate of drug-likeness (QED) is 0.278. The summed E-state index contributed by atoms with van der Waals surface area (Å²) in [7, 11) is 0. The summed E-state index contributed by atoms with van der Waals surface area (Å²) in [6, 6.07) is 0. The summed E-state index contributed by atoms with van der Waals surface area (Å²) in [5.41, 5.74) is 7.42. The smallest absolute Gasteiger partial charge is 1.00 e. The number of nitrogens with two attached hydrogens (primary N) is 1. The van der Waals surface area contributed by atoms with Crippen LogP contribution in [0.1, 0.15) is 12.6 Å². The van der Waals surface area contributed by atoms with Crippen molar-refractivity contribution in [2.45, 2.75) is 6.92 Å². The Morgan fingerprint density at radius 1 is 1.42 bits per heavy atom. The monoisotopic (exact) mass is 214 g/mol. The van der Waals surface area contributed by atoms with Crippen LogP contribution in [-0.4, -0.2) is 19.1 Å². The second-order valence-corrected chi connectivity index (χ2v) is 1.28. The minimum absolute atomic E-state index is 0. The van der Waals surface area contributed by atoms with Crippen molar-refractivity contribution in [1.82, 2.24) is 5.48 Å². The van der Waals surface area contributed by atoms with Gasteiger partial charge in [0.25, 0.3) is 0 Å². The van der Waals surface area contributed by atoms with E-state index in [1.807, 2.05) is 0 Å². The number of hydrogen-bond acceptors (Lipinski definition) is 4. The Kier molecular flexibility index (Phi) is 58.8. The molecular formula is C4H14N2Na4O2. The van der Waals surface area contributed by atoms with E-state index in [2.05, 4.69) is 10.3 Å². The number of carbonyl (C=O) groups excluding carboxylic acids is 1. The molecule has 0 aliphatic heterocycles. The van der Waals surface area contributed by atoms with Crippen LogP contribution in [0.15, 0.2) is 0 Å². The van der Waals surface area contributed by atoms with E-state index in [-0.39, 0.29) is 130 Å². The summed E-state index contributed by atoms with van der Waals surface area (Å²) >= 11 is 0. The molecule has 0 spiro atoms. The van der Waals surface area contributed by atoms with Gasteiger partial charge in [0.05, 0.1) is 0 Å². The third kappa shape index (κ3) is 29.2. The molecule has 0 bridgehead atoms. The molecule has 0 aromatic heterocycles. The normalized spacial score (nSPS) is 5.83. The summed E-state index contributed by atoms with van der Waals surface area (Å²) in [6.45, 7) is 2.29. The maximum Gasteiger partial charge on any atom is 1.00 e. The van der Waals surface area contributed by atoms with Crippen LogP contribution in [0.4, 0.5) is 0 Å². The molecule has 0 aromatic rings. The van der Waals surface area contributed by atoms with E-state index in [0.717, 1.165) is 0 Å². The van der Waals surface area contributed by atoms with Crippen LogP contribution in [0.25, 0.3) is 0 Å². The Hall–Kier alpha value is 3.39. The van der Waals surface area contributed by atoms with Gasteiger partial charge in [-0.15, -0.1) is 0 Å². The van der Waals surface area contributed by atoms with Crippen molar-refractivity contribution >= 4 is 5.97 Å². The minimum Gasteiger partial charge on any atom is -1.00 e. The Labute approximate surface area is 168 Å². The van der Waals surface area contributed by atoms with Crippen LogP contribution in [0, 0.1) is 0 Å². The summed E-state index contributed by atoms with van der Waals surface area (Å²) in [5.74, 6) is -0.349. The van der Waals surface area contributed by atoms with E-state index in [0.29, 0.717) is 13.1 Å². The molecule has 0 aromatic carbocycles. The zero-order chi connectivity index (χ0) is 6.41. The van der Waals surface area contributed by atoms with Crippen LogP contribution >= 0.6 is 0 Å². The molecule has 0 saturated heterocycles. The Balaban J connectivity index is -0.00000000875. The molecule has 8 heteroatoms. The summed E-state index contributed by atoms with van der Waals surface area (Å²) in [6.07, 6.45) is 0. The maximum absolute atomic E-state index is 9.99. The molecule has 3 N–H and O–H groups in total. The fourth-order valence-corrected chi connectivity index (χ4v) is 0.212. The predicted molar refractivity (Wildman–Crippen MR) is 33.3 cm³/mol. The maximum atomic E-state index is 9.99. The predicted octanol–water partition coefficient (Wildman–Crippen LogP) is -12.5. The number of hydroxylamine groups is 1. The number of rotatable bonds is 3. The number of nitrogens with one attached hydrogen (secondary N) is 1. The van der Waals surface area contributed by atoms with Crippen LogP contribution in [0.2, 0.25) is 0 Å². The standard InChI is InChI=1S/C4H10N2O2.4Na.4H/c1-4(7)8-6-3-2-5;;;;;;;;/h6H,2-3,5H2,1H3;;;;;;;;/q;4*+1;4*-1. The first-order chi connectivity index (χ1) is 3.77. The zero-order valence-corrected chi connectivity index (χ0v) is 16.8. The molecule has 0 atom stereocenters. The third-order valence-electron chi connectivity index (χ3n) is 0.462. The minimum atomic E-state index is -0.349. The Morgan fingerprint density at radius 3 is 2.08 bits per heavy atom. The summed E-state index contributed by atoms with van der Waals surface area (Å²) in [5, 5.41) is 0. The van der Waals surface area contributed by atoms with E-state index in [9.17, 15) is 4.79 Å². The average Bonchev–Trinajstić information content (AvgIpc) is 1.66. The van der Waals surface area contributed by atoms with Crippen LogP contribution < -0.4 is 129 Å². The molecule has 0 amide bonds. The fraction of sp³-hybridized carbons (Fsp3) is 0.750. The molecule has 4 nitrogen and oxygen atoms in total. The molecule has 56 valence electrons. The van der Waals surface area contributed by atoms with Gasteiger partial charge in [0.1, 0.15) is 0 Å². The molecule has 0 rings (SSSR count). The first-order valence-electron chi connectivity index (χ1n) is 2.37. The topological polar surface area (TPSA) is 64.3 Å². The Morgan fingerprint density at radius 2 is 1.83 bits per heavy atom. The van der Waals surface area contributed by atoms with Gasteiger partial charge in [0.2, 0.25) is 0 Å². The number of carbonyl (C=O) groups is 1. The van der Waals surface area contributed by atoms with E-state index in [1.165, 1.54) is 6.92 Å². The fourth-order valence-electron chi connectivity index (χ4n) is 0.212. The van der Waals surface area contributed by atoms with Gasteiger partial charge >= 0.3 is 124 Å². The van der Waals surface area contributed by atoms with Crippen molar-refractivity contribution in [2.24, 2.45) is 5.73 Å². The van der Waals surface area contributed by atoms with Crippen molar-refractivity contribution in [3.63, 3.8) is 0 Å². The van der Waals surface area contributed by atoms with Gasteiger partial charge in [-0.2, -0.15) is 5.48 Å². The molecule has 0 aliphatic carbocycles. The molecule has 0 heterocycles. The molecular weight excluding hydrogens is 200 g/mol. The largest absolute Gasteiger partial charge is 1.00 e. The van der Waals surface area contributed by atoms with Crippen molar-refractivity contribution in [3.8, 4) is 0 Å². The molecule has 0 fully saturated rings. The van der Waals surface area contributed by atoms with Gasteiger partial charge < -0.3 is 16.3 Å². The molecule has 0 aliphatic rings. The first-order valence-corrected chi connectivity index (χ1v) is 2.37. The van der Waals surface area contributed by atoms with Crippen molar-refractivity contribution in [1.29, 1.82) is 0 Å². The van der Waals surface area contributed by atoms with Gasteiger partial charge in [-0.3, -0.25) is 4.79 Å². The third-order valence-corrected chi connectivity index (χ3v) is 0.462. The first kappa shape index (κ1) is 29.5. The SMILES string of the molecule is CC(=O)ONCCN.[H-].[H-].[H-].[H-].[Na+].[Na+].[Na+].[Na+]. The van der Waals surface area contributed by atoms with Gasteiger partial charge in [0, 0.05) is 20.0 Å². The van der Waals surface area contributed by atoms with Gasteiger partial charge in [-0.05, 0) is 0 Å². The molecule has 0 saturated carbocycles. The van der Waals surface area contributed by atoms with Crippen LogP contribution in [0.3, 0.4) is 0 Å². The van der Waals surface area contributed by atoms with Crippen molar-refractivity contribution in [3.05, 3.63) is 0 Å². The van der Waals surface area contributed by atoms with E-state index < -0.39 is 0 Å². The van der Waals surface area contributed by atoms with E-state index in [1.54, 1.807) is 0 Å². The second-order valence-electron chi connectivity index (χ2n) is 1.28. The van der Waals surface area contributed by atoms with Crippen molar-refractivity contribution in [2.75, 3.05) is 13.1 Å². The van der Waals surface area contributed by atoms with Gasteiger partial charge in [-0.25, -0.2) is 0 Å². The molecule has 0 radical (unpaired) electrons.